The summed E-state index contributed by atoms with van der Waals surface area (Å²) in [7, 11) is -3.82. The molecule has 0 radical (unpaired) electrons. The number of ketones is 1. The Kier molecular flexibility index (Phi) is 4.71. The lowest BCUT2D eigenvalue weighted by Crippen LogP contribution is -2.14. The van der Waals surface area contributed by atoms with Crippen molar-refractivity contribution in [3.05, 3.63) is 42.2 Å². The first-order chi connectivity index (χ1) is 10.4. The second-order valence-electron chi connectivity index (χ2n) is 4.38. The summed E-state index contributed by atoms with van der Waals surface area (Å²) in [6.07, 6.45) is 2.62. The van der Waals surface area contributed by atoms with E-state index in [0.29, 0.717) is 12.2 Å². The molecule has 0 spiro atoms. The summed E-state index contributed by atoms with van der Waals surface area (Å²) in [5, 5.41) is 0. The van der Waals surface area contributed by atoms with Gasteiger partial charge < -0.3 is 4.74 Å². The van der Waals surface area contributed by atoms with E-state index in [1.807, 2.05) is 0 Å². The molecule has 2 aromatic rings. The van der Waals surface area contributed by atoms with Gasteiger partial charge in [0, 0.05) is 5.56 Å². The summed E-state index contributed by atoms with van der Waals surface area (Å²) >= 11 is 0. The normalized spacial score (nSPS) is 11.0. The average molecular weight is 321 g/mol. The number of hydrogen-bond donors (Lipinski definition) is 1. The van der Waals surface area contributed by atoms with Crippen LogP contribution < -0.4 is 9.46 Å². The number of rotatable bonds is 6. The first-order valence-electron chi connectivity index (χ1n) is 6.51. The van der Waals surface area contributed by atoms with E-state index in [1.165, 1.54) is 37.5 Å². The summed E-state index contributed by atoms with van der Waals surface area (Å²) in [5.74, 6) is -0.207. The van der Waals surface area contributed by atoms with Gasteiger partial charge in [-0.25, -0.2) is 18.4 Å². The lowest BCUT2D eigenvalue weighted by molar-refractivity contribution is 0.101. The number of ether oxygens (including phenoxy) is 1. The molecule has 1 heterocycles. The molecule has 0 amide bonds. The van der Waals surface area contributed by atoms with E-state index in [9.17, 15) is 13.2 Å². The zero-order valence-electron chi connectivity index (χ0n) is 12.1. The van der Waals surface area contributed by atoms with Crippen LogP contribution >= 0.6 is 0 Å². The number of carbonyl (C=O) groups is 1. The van der Waals surface area contributed by atoms with Crippen molar-refractivity contribution in [1.29, 1.82) is 0 Å². The molecule has 116 valence electrons. The third-order valence-electron chi connectivity index (χ3n) is 2.70. The van der Waals surface area contributed by atoms with Crippen molar-refractivity contribution in [3.63, 3.8) is 0 Å². The number of nitrogens with one attached hydrogen (secondary N) is 1. The van der Waals surface area contributed by atoms with Gasteiger partial charge in [0.25, 0.3) is 10.0 Å². The van der Waals surface area contributed by atoms with Crippen molar-refractivity contribution in [2.75, 3.05) is 11.3 Å². The van der Waals surface area contributed by atoms with Crippen molar-refractivity contribution in [3.8, 4) is 6.01 Å². The monoisotopic (exact) mass is 321 g/mol. The van der Waals surface area contributed by atoms with Gasteiger partial charge in [0.2, 0.25) is 0 Å². The van der Waals surface area contributed by atoms with Crippen molar-refractivity contribution in [2.24, 2.45) is 0 Å². The standard InChI is InChI=1S/C14H15N3O4S/c1-3-21-14-15-8-12(9-16-14)17-22(19,20)13-6-4-5-11(7-13)10(2)18/h4-9,17H,3H2,1-2H3. The van der Waals surface area contributed by atoms with Crippen molar-refractivity contribution in [1.82, 2.24) is 9.97 Å². The maximum Gasteiger partial charge on any atom is 0.316 e. The Morgan fingerprint density at radius 3 is 2.55 bits per heavy atom. The third-order valence-corrected chi connectivity index (χ3v) is 4.08. The first kappa shape index (κ1) is 15.9. The molecule has 0 saturated heterocycles. The Morgan fingerprint density at radius 2 is 1.95 bits per heavy atom. The van der Waals surface area contributed by atoms with Crippen LogP contribution in [0.4, 0.5) is 5.69 Å². The maximum atomic E-state index is 12.3. The van der Waals surface area contributed by atoms with Gasteiger partial charge in [-0.2, -0.15) is 0 Å². The van der Waals surface area contributed by atoms with Gasteiger partial charge in [-0.15, -0.1) is 0 Å². The first-order valence-corrected chi connectivity index (χ1v) is 7.99. The van der Waals surface area contributed by atoms with Crippen LogP contribution in [0.15, 0.2) is 41.6 Å². The van der Waals surface area contributed by atoms with Crippen LogP contribution in [0.25, 0.3) is 0 Å². The van der Waals surface area contributed by atoms with Crippen LogP contribution in [0, 0.1) is 0 Å². The Hall–Kier alpha value is -2.48. The van der Waals surface area contributed by atoms with Gasteiger partial charge in [0.15, 0.2) is 5.78 Å². The number of nitrogens with zero attached hydrogens (tertiary/aromatic N) is 2. The van der Waals surface area contributed by atoms with Gasteiger partial charge in [0.05, 0.1) is 29.6 Å². The maximum absolute atomic E-state index is 12.3. The molecule has 0 bridgehead atoms. The van der Waals surface area contributed by atoms with E-state index < -0.39 is 10.0 Å². The van der Waals surface area contributed by atoms with E-state index in [0.717, 1.165) is 0 Å². The van der Waals surface area contributed by atoms with Crippen LogP contribution in [0.3, 0.4) is 0 Å². The van der Waals surface area contributed by atoms with Gasteiger partial charge in [-0.05, 0) is 26.0 Å². The fourth-order valence-electron chi connectivity index (χ4n) is 1.67. The van der Waals surface area contributed by atoms with Crippen LogP contribution in [0.5, 0.6) is 6.01 Å². The molecule has 0 aliphatic carbocycles. The lowest BCUT2D eigenvalue weighted by atomic mass is 10.2. The second-order valence-corrected chi connectivity index (χ2v) is 6.06. The smallest absolute Gasteiger partial charge is 0.316 e. The van der Waals surface area contributed by atoms with Crippen molar-refractivity contribution < 1.29 is 17.9 Å². The third kappa shape index (κ3) is 3.79. The van der Waals surface area contributed by atoms with Crippen molar-refractivity contribution >= 4 is 21.5 Å². The van der Waals surface area contributed by atoms with Gasteiger partial charge in [-0.1, -0.05) is 12.1 Å². The molecule has 2 rings (SSSR count). The van der Waals surface area contributed by atoms with E-state index in [1.54, 1.807) is 13.0 Å². The van der Waals surface area contributed by atoms with E-state index >= 15 is 0 Å². The molecule has 0 unspecified atom stereocenters. The minimum atomic E-state index is -3.82. The van der Waals surface area contributed by atoms with Gasteiger partial charge >= 0.3 is 6.01 Å². The highest BCUT2D eigenvalue weighted by Gasteiger charge is 2.16. The summed E-state index contributed by atoms with van der Waals surface area (Å²) < 4.78 is 32.0. The minimum Gasteiger partial charge on any atom is -0.464 e. The molecule has 0 fully saturated rings. The zero-order valence-corrected chi connectivity index (χ0v) is 12.9. The Bertz CT molecular complexity index is 773. The van der Waals surface area contributed by atoms with E-state index in [-0.39, 0.29) is 22.4 Å². The minimum absolute atomic E-state index is 0.00548. The number of Topliss-reactive ketones (excluding diaryl/α,β-unsaturated/α-hetero) is 1. The largest absolute Gasteiger partial charge is 0.464 e. The molecule has 0 aliphatic rings. The number of benzene rings is 1. The summed E-state index contributed by atoms with van der Waals surface area (Å²) in [5.41, 5.74) is 0.530. The molecule has 0 aliphatic heterocycles. The highest BCUT2D eigenvalue weighted by atomic mass is 32.2. The summed E-state index contributed by atoms with van der Waals surface area (Å²) in [6, 6.07) is 5.97. The quantitative estimate of drug-likeness (QED) is 0.816. The number of hydrogen-bond acceptors (Lipinski definition) is 6. The number of aromatic nitrogens is 2. The molecular formula is C14H15N3O4S. The lowest BCUT2D eigenvalue weighted by Gasteiger charge is -2.08. The van der Waals surface area contributed by atoms with E-state index in [4.69, 9.17) is 4.74 Å². The number of carbonyl (C=O) groups excluding carboxylic acids is 1. The molecule has 0 atom stereocenters. The van der Waals surface area contributed by atoms with Crippen LogP contribution in [0.1, 0.15) is 24.2 Å². The molecule has 0 saturated carbocycles. The predicted molar refractivity (Wildman–Crippen MR) is 80.5 cm³/mol. The highest BCUT2D eigenvalue weighted by molar-refractivity contribution is 7.92. The Morgan fingerprint density at radius 1 is 1.27 bits per heavy atom. The number of anilines is 1. The summed E-state index contributed by atoms with van der Waals surface area (Å²) in [4.78, 5) is 19.1. The van der Waals surface area contributed by atoms with Crippen LogP contribution in [-0.2, 0) is 10.0 Å². The number of sulfonamides is 1. The molecule has 1 aromatic heterocycles. The zero-order chi connectivity index (χ0) is 16.2. The summed E-state index contributed by atoms with van der Waals surface area (Å²) in [6.45, 7) is 3.59. The Labute approximate surface area is 128 Å². The second kappa shape index (κ2) is 6.52. The Balaban J connectivity index is 2.23. The molecule has 1 N–H and O–H groups in total. The highest BCUT2D eigenvalue weighted by Crippen LogP contribution is 2.17. The average Bonchev–Trinajstić information content (AvgIpc) is 2.49. The SMILES string of the molecule is CCOc1ncc(NS(=O)(=O)c2cccc(C(C)=O)c2)cn1. The van der Waals surface area contributed by atoms with Crippen LogP contribution in [0.2, 0.25) is 0 Å². The predicted octanol–water partition coefficient (Wildman–Crippen LogP) is 1.88. The fourth-order valence-corrected chi connectivity index (χ4v) is 2.74. The van der Waals surface area contributed by atoms with Gasteiger partial charge in [-0.3, -0.25) is 9.52 Å². The molecular weight excluding hydrogens is 306 g/mol. The topological polar surface area (TPSA) is 98.2 Å². The van der Waals surface area contributed by atoms with Gasteiger partial charge in [0.1, 0.15) is 0 Å². The van der Waals surface area contributed by atoms with E-state index in [2.05, 4.69) is 14.7 Å². The fraction of sp³-hybridized carbons (Fsp3) is 0.214. The molecule has 1 aromatic carbocycles. The molecule has 8 heteroatoms. The molecule has 22 heavy (non-hydrogen) atoms. The van der Waals surface area contributed by atoms with Crippen LogP contribution in [-0.4, -0.2) is 30.8 Å². The van der Waals surface area contributed by atoms with Crippen molar-refractivity contribution in [2.45, 2.75) is 18.7 Å². The molecule has 7 nitrogen and oxygen atoms in total.